The van der Waals surface area contributed by atoms with Crippen LogP contribution in [-0.2, 0) is 22.3 Å². The van der Waals surface area contributed by atoms with E-state index in [0.717, 1.165) is 36.9 Å². The summed E-state index contributed by atoms with van der Waals surface area (Å²) in [6.45, 7) is 3.58. The monoisotopic (exact) mass is 443 g/mol. The second kappa shape index (κ2) is 8.38. The van der Waals surface area contributed by atoms with E-state index in [1.165, 1.54) is 5.56 Å². The molecule has 170 valence electrons. The van der Waals surface area contributed by atoms with Crippen LogP contribution in [0.15, 0.2) is 18.5 Å². The van der Waals surface area contributed by atoms with Crippen molar-refractivity contribution in [3.05, 3.63) is 35.4 Å². The minimum absolute atomic E-state index is 0.0258. The van der Waals surface area contributed by atoms with Crippen LogP contribution in [0.3, 0.4) is 0 Å². The van der Waals surface area contributed by atoms with E-state index in [9.17, 15) is 9.18 Å². The Morgan fingerprint density at radius 2 is 2.22 bits per heavy atom. The molecule has 1 amide bonds. The molecular formula is C21H26FN7O3. The van der Waals surface area contributed by atoms with Gasteiger partial charge < -0.3 is 20.1 Å². The Balaban J connectivity index is 1.31. The molecule has 0 radical (unpaired) electrons. The maximum absolute atomic E-state index is 14.9. The number of nitrogens with zero attached hydrogens (tertiary/aromatic N) is 4. The average molecular weight is 443 g/mol. The molecule has 3 aromatic rings. The maximum atomic E-state index is 14.9. The van der Waals surface area contributed by atoms with Crippen LogP contribution < -0.4 is 10.6 Å². The lowest BCUT2D eigenvalue weighted by Crippen LogP contribution is -2.36. The molecular weight excluding hydrogens is 417 g/mol. The number of aryl methyl sites for hydroxylation is 2. The number of hydrogen-bond acceptors (Lipinski definition) is 7. The van der Waals surface area contributed by atoms with E-state index in [1.807, 2.05) is 10.7 Å². The SMILES string of the molecule is CC(C)NC(=O)O[C@H]1CO[C@@H](c2cc(Nc3nccn4nc5c(c34)CCCC5)n[nH]2)[C@@H]1F. The van der Waals surface area contributed by atoms with Crippen LogP contribution in [-0.4, -0.2) is 55.8 Å². The van der Waals surface area contributed by atoms with Gasteiger partial charge in [0.2, 0.25) is 0 Å². The number of anilines is 2. The van der Waals surface area contributed by atoms with Gasteiger partial charge >= 0.3 is 6.09 Å². The van der Waals surface area contributed by atoms with E-state index in [-0.39, 0.29) is 12.6 Å². The summed E-state index contributed by atoms with van der Waals surface area (Å²) < 4.78 is 27.5. The number of rotatable bonds is 5. The molecule has 1 aliphatic carbocycles. The molecule has 32 heavy (non-hydrogen) atoms. The second-order valence-electron chi connectivity index (χ2n) is 8.48. The Labute approximate surface area is 183 Å². The van der Waals surface area contributed by atoms with Crippen LogP contribution in [0.1, 0.15) is 49.7 Å². The molecule has 0 saturated carbocycles. The van der Waals surface area contributed by atoms with E-state index in [0.29, 0.717) is 17.3 Å². The minimum Gasteiger partial charge on any atom is -0.441 e. The van der Waals surface area contributed by atoms with E-state index in [2.05, 4.69) is 30.9 Å². The summed E-state index contributed by atoms with van der Waals surface area (Å²) in [5, 5.41) is 17.5. The molecule has 11 heteroatoms. The average Bonchev–Trinajstić information content (AvgIpc) is 3.45. The van der Waals surface area contributed by atoms with E-state index < -0.39 is 24.5 Å². The van der Waals surface area contributed by atoms with Gasteiger partial charge in [0, 0.05) is 30.1 Å². The Kier molecular flexibility index (Phi) is 5.41. The first-order valence-corrected chi connectivity index (χ1v) is 10.9. The van der Waals surface area contributed by atoms with E-state index >= 15 is 0 Å². The van der Waals surface area contributed by atoms with Crippen molar-refractivity contribution in [1.82, 2.24) is 30.1 Å². The summed E-state index contributed by atoms with van der Waals surface area (Å²) in [6, 6.07) is 1.58. The number of nitrogens with one attached hydrogen (secondary N) is 3. The molecule has 0 bridgehead atoms. The number of amides is 1. The van der Waals surface area contributed by atoms with Gasteiger partial charge in [-0.3, -0.25) is 5.10 Å². The van der Waals surface area contributed by atoms with Gasteiger partial charge in [0.1, 0.15) is 11.6 Å². The fourth-order valence-corrected chi connectivity index (χ4v) is 4.27. The van der Waals surface area contributed by atoms with Crippen molar-refractivity contribution < 1.29 is 18.7 Å². The molecule has 1 saturated heterocycles. The molecule has 0 spiro atoms. The van der Waals surface area contributed by atoms with Crippen LogP contribution in [0.2, 0.25) is 0 Å². The van der Waals surface area contributed by atoms with Gasteiger partial charge in [0.15, 0.2) is 23.9 Å². The van der Waals surface area contributed by atoms with Gasteiger partial charge in [-0.2, -0.15) is 10.2 Å². The molecule has 3 atom stereocenters. The summed E-state index contributed by atoms with van der Waals surface area (Å²) in [5.41, 5.74) is 3.72. The molecule has 2 aliphatic rings. The van der Waals surface area contributed by atoms with Crippen LogP contribution in [0.25, 0.3) is 5.52 Å². The lowest BCUT2D eigenvalue weighted by molar-refractivity contribution is 0.0615. The minimum atomic E-state index is -1.51. The zero-order valence-corrected chi connectivity index (χ0v) is 18.0. The van der Waals surface area contributed by atoms with Gasteiger partial charge in [-0.1, -0.05) is 0 Å². The predicted molar refractivity (Wildman–Crippen MR) is 114 cm³/mol. The van der Waals surface area contributed by atoms with Gasteiger partial charge in [0.05, 0.1) is 18.0 Å². The Bertz CT molecular complexity index is 1130. The van der Waals surface area contributed by atoms with Gasteiger partial charge in [-0.15, -0.1) is 0 Å². The van der Waals surface area contributed by atoms with Crippen molar-refractivity contribution in [2.24, 2.45) is 0 Å². The lowest BCUT2D eigenvalue weighted by atomic mass is 9.97. The second-order valence-corrected chi connectivity index (χ2v) is 8.48. The molecule has 1 fully saturated rings. The highest BCUT2D eigenvalue weighted by atomic mass is 19.1. The van der Waals surface area contributed by atoms with E-state index in [4.69, 9.17) is 9.47 Å². The largest absolute Gasteiger partial charge is 0.441 e. The molecule has 0 aromatic carbocycles. The summed E-state index contributed by atoms with van der Waals surface area (Å²) in [5.74, 6) is 1.14. The third-order valence-corrected chi connectivity index (χ3v) is 5.72. The molecule has 1 aliphatic heterocycles. The highest BCUT2D eigenvalue weighted by molar-refractivity contribution is 5.76. The first-order valence-electron chi connectivity index (χ1n) is 10.9. The number of halogens is 1. The predicted octanol–water partition coefficient (Wildman–Crippen LogP) is 2.99. The van der Waals surface area contributed by atoms with Crippen LogP contribution in [0, 0.1) is 0 Å². The first-order chi connectivity index (χ1) is 15.5. The third kappa shape index (κ3) is 3.88. The summed E-state index contributed by atoms with van der Waals surface area (Å²) >= 11 is 0. The summed E-state index contributed by atoms with van der Waals surface area (Å²) in [7, 11) is 0. The molecule has 3 aromatic heterocycles. The number of carbonyl (C=O) groups excluding carboxylic acids is 1. The Hall–Kier alpha value is -3.21. The van der Waals surface area contributed by atoms with Gasteiger partial charge in [-0.05, 0) is 39.5 Å². The molecule has 10 nitrogen and oxygen atoms in total. The number of aromatic nitrogens is 5. The highest BCUT2D eigenvalue weighted by Gasteiger charge is 2.42. The number of H-pyrrole nitrogens is 1. The number of hydrogen-bond donors (Lipinski definition) is 3. The fourth-order valence-electron chi connectivity index (χ4n) is 4.27. The fraction of sp³-hybridized carbons (Fsp3) is 0.524. The molecule has 5 rings (SSSR count). The summed E-state index contributed by atoms with van der Waals surface area (Å²) in [6.07, 6.45) is 3.68. The zero-order valence-electron chi connectivity index (χ0n) is 18.0. The van der Waals surface area contributed by atoms with Gasteiger partial charge in [-0.25, -0.2) is 18.7 Å². The quantitative estimate of drug-likeness (QED) is 0.555. The van der Waals surface area contributed by atoms with Crippen molar-refractivity contribution in [2.45, 2.75) is 64.0 Å². The third-order valence-electron chi connectivity index (χ3n) is 5.72. The van der Waals surface area contributed by atoms with Gasteiger partial charge in [0.25, 0.3) is 0 Å². The van der Waals surface area contributed by atoms with Crippen molar-refractivity contribution in [1.29, 1.82) is 0 Å². The normalized spacial score (nSPS) is 22.8. The highest BCUT2D eigenvalue weighted by Crippen LogP contribution is 2.34. The topological polar surface area (TPSA) is 118 Å². The number of alkyl carbamates (subject to hydrolysis) is 1. The van der Waals surface area contributed by atoms with Crippen molar-refractivity contribution in [3.8, 4) is 0 Å². The number of carbonyl (C=O) groups is 1. The van der Waals surface area contributed by atoms with Crippen LogP contribution >= 0.6 is 0 Å². The van der Waals surface area contributed by atoms with Crippen LogP contribution in [0.4, 0.5) is 20.8 Å². The number of fused-ring (bicyclic) bond motifs is 3. The molecule has 4 heterocycles. The number of aromatic amines is 1. The maximum Gasteiger partial charge on any atom is 0.407 e. The Morgan fingerprint density at radius 3 is 3.06 bits per heavy atom. The summed E-state index contributed by atoms with van der Waals surface area (Å²) in [4.78, 5) is 16.3. The standard InChI is InChI=1S/C21H26FN7O3/c1-11(2)24-21(30)32-15-10-31-19(17(15)22)14-9-16(27-26-14)25-20-18-12-5-3-4-6-13(12)28-29(18)8-7-23-20/h7-9,11,15,17,19H,3-6,10H2,1-2H3,(H,24,30)(H2,23,25,26,27)/t15-,17+,19-/m0/s1. The Morgan fingerprint density at radius 1 is 1.38 bits per heavy atom. The van der Waals surface area contributed by atoms with E-state index in [1.54, 1.807) is 26.1 Å². The van der Waals surface area contributed by atoms with Crippen LogP contribution in [0.5, 0.6) is 0 Å². The number of ether oxygens (including phenoxy) is 2. The molecule has 0 unspecified atom stereocenters. The zero-order chi connectivity index (χ0) is 22.2. The first kappa shape index (κ1) is 20.7. The smallest absolute Gasteiger partial charge is 0.407 e. The molecule has 3 N–H and O–H groups in total. The number of alkyl halides is 1. The lowest BCUT2D eigenvalue weighted by Gasteiger charge is -2.16. The van der Waals surface area contributed by atoms with Crippen molar-refractivity contribution in [3.63, 3.8) is 0 Å². The van der Waals surface area contributed by atoms with Crippen molar-refractivity contribution in [2.75, 3.05) is 11.9 Å². The van der Waals surface area contributed by atoms with Crippen molar-refractivity contribution >= 4 is 23.2 Å².